The zero-order valence-corrected chi connectivity index (χ0v) is 9.97. The van der Waals surface area contributed by atoms with E-state index in [1.54, 1.807) is 0 Å². The SMILES string of the molecule is O=C(NCc1nnc2ccccn12)[C@@H]1CCCN1. The molecule has 1 fully saturated rings. The van der Waals surface area contributed by atoms with Gasteiger partial charge in [0.25, 0.3) is 0 Å². The molecule has 0 aromatic carbocycles. The number of carbonyl (C=O) groups is 1. The molecule has 94 valence electrons. The van der Waals surface area contributed by atoms with Crippen LogP contribution in [-0.2, 0) is 11.3 Å². The molecule has 0 unspecified atom stereocenters. The van der Waals surface area contributed by atoms with Gasteiger partial charge in [-0.2, -0.15) is 0 Å². The molecule has 2 aromatic rings. The summed E-state index contributed by atoms with van der Waals surface area (Å²) < 4.78 is 1.88. The van der Waals surface area contributed by atoms with E-state index in [-0.39, 0.29) is 11.9 Å². The van der Waals surface area contributed by atoms with E-state index in [1.165, 1.54) is 0 Å². The molecule has 2 N–H and O–H groups in total. The van der Waals surface area contributed by atoms with Gasteiger partial charge in [0, 0.05) is 6.20 Å². The average molecular weight is 245 g/mol. The van der Waals surface area contributed by atoms with Gasteiger partial charge in [-0.3, -0.25) is 9.20 Å². The second-order valence-corrected chi connectivity index (χ2v) is 4.41. The standard InChI is InChI=1S/C12H15N5O/c18-12(9-4-3-6-13-9)14-8-11-16-15-10-5-1-2-7-17(10)11/h1-2,5,7,9,13H,3-4,6,8H2,(H,14,18)/t9-/m0/s1. The smallest absolute Gasteiger partial charge is 0.237 e. The molecule has 18 heavy (non-hydrogen) atoms. The van der Waals surface area contributed by atoms with E-state index in [9.17, 15) is 4.79 Å². The first-order valence-electron chi connectivity index (χ1n) is 6.14. The highest BCUT2D eigenvalue weighted by molar-refractivity contribution is 5.81. The summed E-state index contributed by atoms with van der Waals surface area (Å²) in [5.41, 5.74) is 0.792. The number of aromatic nitrogens is 3. The van der Waals surface area contributed by atoms with Crippen LogP contribution >= 0.6 is 0 Å². The highest BCUT2D eigenvalue weighted by Gasteiger charge is 2.21. The Hall–Kier alpha value is -1.95. The van der Waals surface area contributed by atoms with Crippen LogP contribution in [0.2, 0.25) is 0 Å². The first-order valence-corrected chi connectivity index (χ1v) is 6.14. The molecule has 1 aliphatic heterocycles. The van der Waals surface area contributed by atoms with E-state index in [0.29, 0.717) is 6.54 Å². The van der Waals surface area contributed by atoms with Gasteiger partial charge in [-0.25, -0.2) is 0 Å². The highest BCUT2D eigenvalue weighted by Crippen LogP contribution is 2.06. The van der Waals surface area contributed by atoms with E-state index >= 15 is 0 Å². The van der Waals surface area contributed by atoms with Crippen molar-refractivity contribution < 1.29 is 4.79 Å². The minimum atomic E-state index is -0.0517. The monoisotopic (exact) mass is 245 g/mol. The van der Waals surface area contributed by atoms with Crippen LogP contribution in [0, 0.1) is 0 Å². The molecular formula is C12H15N5O. The van der Waals surface area contributed by atoms with Gasteiger partial charge in [0.1, 0.15) is 0 Å². The summed E-state index contributed by atoms with van der Waals surface area (Å²) in [7, 11) is 0. The van der Waals surface area contributed by atoms with Crippen molar-refractivity contribution in [2.45, 2.75) is 25.4 Å². The van der Waals surface area contributed by atoms with Crippen LogP contribution in [0.15, 0.2) is 24.4 Å². The minimum Gasteiger partial charge on any atom is -0.347 e. The number of hydrogen-bond donors (Lipinski definition) is 2. The average Bonchev–Trinajstić information content (AvgIpc) is 3.06. The summed E-state index contributed by atoms with van der Waals surface area (Å²) in [4.78, 5) is 11.8. The molecule has 3 heterocycles. The Balaban J connectivity index is 1.67. The maximum absolute atomic E-state index is 11.8. The molecule has 0 radical (unpaired) electrons. The largest absolute Gasteiger partial charge is 0.347 e. The fraction of sp³-hybridized carbons (Fsp3) is 0.417. The van der Waals surface area contributed by atoms with Gasteiger partial charge in [0.2, 0.25) is 5.91 Å². The molecule has 0 aliphatic carbocycles. The van der Waals surface area contributed by atoms with Gasteiger partial charge in [-0.05, 0) is 31.5 Å². The number of nitrogens with zero attached hydrogens (tertiary/aromatic N) is 3. The third-order valence-corrected chi connectivity index (χ3v) is 3.18. The van der Waals surface area contributed by atoms with Crippen molar-refractivity contribution in [1.29, 1.82) is 0 Å². The summed E-state index contributed by atoms with van der Waals surface area (Å²) in [6, 6.07) is 5.66. The van der Waals surface area contributed by atoms with Gasteiger partial charge < -0.3 is 10.6 Å². The fourth-order valence-electron chi connectivity index (χ4n) is 2.21. The topological polar surface area (TPSA) is 71.3 Å². The first kappa shape index (κ1) is 11.2. The van der Waals surface area contributed by atoms with Gasteiger partial charge in [-0.1, -0.05) is 6.07 Å². The number of pyridine rings is 1. The summed E-state index contributed by atoms with van der Waals surface area (Å²) in [5, 5.41) is 14.2. The molecule has 6 heteroatoms. The number of carbonyl (C=O) groups excluding carboxylic acids is 1. The third-order valence-electron chi connectivity index (χ3n) is 3.18. The minimum absolute atomic E-state index is 0.0418. The number of fused-ring (bicyclic) bond motifs is 1. The van der Waals surface area contributed by atoms with Gasteiger partial charge in [-0.15, -0.1) is 10.2 Å². The van der Waals surface area contributed by atoms with Crippen LogP contribution in [0.25, 0.3) is 5.65 Å². The van der Waals surface area contributed by atoms with E-state index in [4.69, 9.17) is 0 Å². The van der Waals surface area contributed by atoms with E-state index in [2.05, 4.69) is 20.8 Å². The Morgan fingerprint density at radius 3 is 3.28 bits per heavy atom. The Morgan fingerprint density at radius 2 is 2.44 bits per heavy atom. The Morgan fingerprint density at radius 1 is 1.50 bits per heavy atom. The van der Waals surface area contributed by atoms with Crippen LogP contribution < -0.4 is 10.6 Å². The molecule has 0 spiro atoms. The Kier molecular flexibility index (Phi) is 2.93. The van der Waals surface area contributed by atoms with Crippen LogP contribution in [0.4, 0.5) is 0 Å². The fourth-order valence-corrected chi connectivity index (χ4v) is 2.21. The van der Waals surface area contributed by atoms with Gasteiger partial charge in [0.05, 0.1) is 12.6 Å². The van der Waals surface area contributed by atoms with E-state index in [0.717, 1.165) is 30.9 Å². The highest BCUT2D eigenvalue weighted by atomic mass is 16.2. The van der Waals surface area contributed by atoms with Crippen molar-refractivity contribution in [1.82, 2.24) is 25.2 Å². The zero-order chi connectivity index (χ0) is 12.4. The predicted octanol–water partition coefficient (Wildman–Crippen LogP) is 0.0975. The summed E-state index contributed by atoms with van der Waals surface area (Å²) in [5.74, 6) is 0.789. The predicted molar refractivity (Wildman–Crippen MR) is 65.9 cm³/mol. The van der Waals surface area contributed by atoms with Crippen molar-refractivity contribution in [3.63, 3.8) is 0 Å². The van der Waals surface area contributed by atoms with Crippen molar-refractivity contribution >= 4 is 11.6 Å². The number of hydrogen-bond acceptors (Lipinski definition) is 4. The van der Waals surface area contributed by atoms with Crippen LogP contribution in [0.3, 0.4) is 0 Å². The molecule has 1 atom stereocenters. The molecule has 0 saturated carbocycles. The lowest BCUT2D eigenvalue weighted by molar-refractivity contribution is -0.123. The Labute approximate surface area is 104 Å². The van der Waals surface area contributed by atoms with E-state index < -0.39 is 0 Å². The molecule has 1 saturated heterocycles. The summed E-state index contributed by atoms with van der Waals surface area (Å²) >= 11 is 0. The lowest BCUT2D eigenvalue weighted by Crippen LogP contribution is -2.40. The first-order chi connectivity index (χ1) is 8.84. The van der Waals surface area contributed by atoms with Crippen LogP contribution in [0.1, 0.15) is 18.7 Å². The lowest BCUT2D eigenvalue weighted by atomic mass is 10.2. The quantitative estimate of drug-likeness (QED) is 0.804. The molecule has 0 bridgehead atoms. The van der Waals surface area contributed by atoms with Crippen LogP contribution in [0.5, 0.6) is 0 Å². The zero-order valence-electron chi connectivity index (χ0n) is 9.97. The van der Waals surface area contributed by atoms with E-state index in [1.807, 2.05) is 28.8 Å². The van der Waals surface area contributed by atoms with Crippen molar-refractivity contribution in [3.8, 4) is 0 Å². The number of nitrogens with one attached hydrogen (secondary N) is 2. The molecule has 1 amide bonds. The number of rotatable bonds is 3. The van der Waals surface area contributed by atoms with Crippen LogP contribution in [-0.4, -0.2) is 33.1 Å². The van der Waals surface area contributed by atoms with Gasteiger partial charge in [0.15, 0.2) is 11.5 Å². The molecule has 2 aromatic heterocycles. The summed E-state index contributed by atoms with van der Waals surface area (Å²) in [6.07, 6.45) is 3.86. The molecule has 3 rings (SSSR count). The molecule has 6 nitrogen and oxygen atoms in total. The molecular weight excluding hydrogens is 230 g/mol. The third kappa shape index (κ3) is 2.06. The second-order valence-electron chi connectivity index (χ2n) is 4.41. The maximum Gasteiger partial charge on any atom is 0.237 e. The van der Waals surface area contributed by atoms with Gasteiger partial charge >= 0.3 is 0 Å². The van der Waals surface area contributed by atoms with Crippen molar-refractivity contribution in [3.05, 3.63) is 30.2 Å². The number of amides is 1. The lowest BCUT2D eigenvalue weighted by Gasteiger charge is -2.10. The second kappa shape index (κ2) is 4.73. The molecule has 1 aliphatic rings. The van der Waals surface area contributed by atoms with Crippen molar-refractivity contribution in [2.24, 2.45) is 0 Å². The normalized spacial score (nSPS) is 19.2. The maximum atomic E-state index is 11.8. The summed E-state index contributed by atoms with van der Waals surface area (Å²) in [6.45, 7) is 1.33. The van der Waals surface area contributed by atoms with Crippen molar-refractivity contribution in [2.75, 3.05) is 6.54 Å². The Bertz CT molecular complexity index is 558.